The van der Waals surface area contributed by atoms with Gasteiger partial charge in [-0.25, -0.2) is 4.98 Å². The molecule has 5 nitrogen and oxygen atoms in total. The van der Waals surface area contributed by atoms with Crippen molar-refractivity contribution in [1.29, 1.82) is 0 Å². The number of aliphatic hydroxyl groups is 1. The second-order valence-corrected chi connectivity index (χ2v) is 4.37. The number of hydrogen-bond acceptors (Lipinski definition) is 4. The average Bonchev–Trinajstić information content (AvgIpc) is 2.58. The predicted octanol–water partition coefficient (Wildman–Crippen LogP) is 2.37. The third kappa shape index (κ3) is 2.32. The molecule has 0 aliphatic carbocycles. The van der Waals surface area contributed by atoms with Gasteiger partial charge in [0, 0.05) is 13.1 Å². The molecule has 0 saturated carbocycles. The van der Waals surface area contributed by atoms with Crippen LogP contribution in [-0.4, -0.2) is 19.9 Å². The Morgan fingerprint density at radius 1 is 1.39 bits per heavy atom. The van der Waals surface area contributed by atoms with E-state index in [2.05, 4.69) is 10.1 Å². The molecular weight excluding hydrogens is 254 g/mol. The molecule has 96 valence electrons. The maximum atomic E-state index is 9.10. The van der Waals surface area contributed by atoms with E-state index in [0.29, 0.717) is 22.3 Å². The second-order valence-electron chi connectivity index (χ2n) is 3.96. The van der Waals surface area contributed by atoms with Crippen LogP contribution in [0.25, 0.3) is 0 Å². The number of halogens is 1. The first kappa shape index (κ1) is 12.9. The molecule has 0 aromatic carbocycles. The molecule has 0 aliphatic rings. The Morgan fingerprint density at radius 2 is 2.11 bits per heavy atom. The summed E-state index contributed by atoms with van der Waals surface area (Å²) in [4.78, 5) is 4.14. The Bertz CT molecular complexity index is 581. The molecule has 0 unspecified atom stereocenters. The molecule has 0 saturated heterocycles. The van der Waals surface area contributed by atoms with Crippen molar-refractivity contribution in [3.05, 3.63) is 34.2 Å². The van der Waals surface area contributed by atoms with E-state index in [1.54, 1.807) is 16.8 Å². The van der Waals surface area contributed by atoms with Crippen molar-refractivity contribution in [2.45, 2.75) is 20.5 Å². The van der Waals surface area contributed by atoms with Gasteiger partial charge in [0.1, 0.15) is 5.69 Å². The standard InChI is InChI=1S/C12H14ClN3O2/c1-7-12(8(2)16(3)15-7)18-11-5-4-9(13)10(6-17)14-11/h4-5,17H,6H2,1-3H3. The van der Waals surface area contributed by atoms with Gasteiger partial charge in [-0.3, -0.25) is 4.68 Å². The molecule has 1 N–H and O–H groups in total. The molecule has 0 bridgehead atoms. The van der Waals surface area contributed by atoms with Crippen LogP contribution in [0.2, 0.25) is 5.02 Å². The van der Waals surface area contributed by atoms with Crippen molar-refractivity contribution < 1.29 is 9.84 Å². The topological polar surface area (TPSA) is 60.2 Å². The Hall–Kier alpha value is -1.59. The van der Waals surface area contributed by atoms with E-state index >= 15 is 0 Å². The largest absolute Gasteiger partial charge is 0.435 e. The van der Waals surface area contributed by atoms with E-state index in [1.165, 1.54) is 0 Å². The van der Waals surface area contributed by atoms with Gasteiger partial charge in [-0.05, 0) is 19.9 Å². The van der Waals surface area contributed by atoms with Gasteiger partial charge in [-0.15, -0.1) is 0 Å². The van der Waals surface area contributed by atoms with Crippen molar-refractivity contribution in [3.8, 4) is 11.6 Å². The van der Waals surface area contributed by atoms with Crippen molar-refractivity contribution in [1.82, 2.24) is 14.8 Å². The highest BCUT2D eigenvalue weighted by Gasteiger charge is 2.13. The van der Waals surface area contributed by atoms with Gasteiger partial charge < -0.3 is 9.84 Å². The summed E-state index contributed by atoms with van der Waals surface area (Å²) in [7, 11) is 1.85. The highest BCUT2D eigenvalue weighted by atomic mass is 35.5. The smallest absolute Gasteiger partial charge is 0.219 e. The third-order valence-corrected chi connectivity index (χ3v) is 3.04. The van der Waals surface area contributed by atoms with Crippen LogP contribution in [0, 0.1) is 13.8 Å². The van der Waals surface area contributed by atoms with Crippen LogP contribution >= 0.6 is 11.6 Å². The maximum absolute atomic E-state index is 9.10. The molecule has 0 radical (unpaired) electrons. The summed E-state index contributed by atoms with van der Waals surface area (Å²) >= 11 is 5.87. The first-order chi connectivity index (χ1) is 8.52. The predicted molar refractivity (Wildman–Crippen MR) is 67.9 cm³/mol. The highest BCUT2D eigenvalue weighted by Crippen LogP contribution is 2.28. The number of aryl methyl sites for hydroxylation is 2. The van der Waals surface area contributed by atoms with Crippen LogP contribution in [0.15, 0.2) is 12.1 Å². The maximum Gasteiger partial charge on any atom is 0.219 e. The number of hydrogen-bond donors (Lipinski definition) is 1. The second kappa shape index (κ2) is 4.96. The Morgan fingerprint density at radius 3 is 2.67 bits per heavy atom. The summed E-state index contributed by atoms with van der Waals surface area (Å²) in [6, 6.07) is 3.31. The molecule has 0 spiro atoms. The SMILES string of the molecule is Cc1nn(C)c(C)c1Oc1ccc(Cl)c(CO)n1. The number of aromatic nitrogens is 3. The van der Waals surface area contributed by atoms with E-state index < -0.39 is 0 Å². The normalized spacial score (nSPS) is 10.7. The lowest BCUT2D eigenvalue weighted by Crippen LogP contribution is -1.96. The van der Waals surface area contributed by atoms with E-state index in [9.17, 15) is 0 Å². The van der Waals surface area contributed by atoms with Crippen molar-refractivity contribution >= 4 is 11.6 Å². The molecule has 0 fully saturated rings. The summed E-state index contributed by atoms with van der Waals surface area (Å²) < 4.78 is 7.44. The molecule has 2 heterocycles. The zero-order valence-electron chi connectivity index (χ0n) is 10.4. The number of pyridine rings is 1. The lowest BCUT2D eigenvalue weighted by Gasteiger charge is -2.07. The van der Waals surface area contributed by atoms with Gasteiger partial charge in [-0.1, -0.05) is 11.6 Å². The first-order valence-corrected chi connectivity index (χ1v) is 5.85. The van der Waals surface area contributed by atoms with Gasteiger partial charge in [0.25, 0.3) is 0 Å². The van der Waals surface area contributed by atoms with E-state index in [4.69, 9.17) is 21.4 Å². The summed E-state index contributed by atoms with van der Waals surface area (Å²) in [5, 5.41) is 13.8. The quantitative estimate of drug-likeness (QED) is 0.927. The minimum Gasteiger partial charge on any atom is -0.435 e. The molecule has 2 aromatic rings. The van der Waals surface area contributed by atoms with Gasteiger partial charge in [-0.2, -0.15) is 5.10 Å². The first-order valence-electron chi connectivity index (χ1n) is 5.47. The van der Waals surface area contributed by atoms with Gasteiger partial charge in [0.05, 0.1) is 23.0 Å². The molecule has 0 aliphatic heterocycles. The monoisotopic (exact) mass is 267 g/mol. The Labute approximate surface area is 110 Å². The van der Waals surface area contributed by atoms with Crippen molar-refractivity contribution in [2.75, 3.05) is 0 Å². The molecule has 0 amide bonds. The summed E-state index contributed by atoms with van der Waals surface area (Å²) in [6.07, 6.45) is 0. The van der Waals surface area contributed by atoms with E-state index in [1.807, 2.05) is 20.9 Å². The molecule has 2 rings (SSSR count). The summed E-state index contributed by atoms with van der Waals surface area (Å²) in [5.41, 5.74) is 2.10. The van der Waals surface area contributed by atoms with Gasteiger partial charge in [0.2, 0.25) is 5.88 Å². The van der Waals surface area contributed by atoms with Crippen LogP contribution < -0.4 is 4.74 Å². The molecule has 0 atom stereocenters. The van der Waals surface area contributed by atoms with Crippen LogP contribution in [0.4, 0.5) is 0 Å². The van der Waals surface area contributed by atoms with Gasteiger partial charge in [0.15, 0.2) is 5.75 Å². The minimum absolute atomic E-state index is 0.221. The van der Waals surface area contributed by atoms with Crippen molar-refractivity contribution in [3.63, 3.8) is 0 Å². The molecule has 18 heavy (non-hydrogen) atoms. The number of nitrogens with zero attached hydrogens (tertiary/aromatic N) is 3. The summed E-state index contributed by atoms with van der Waals surface area (Å²) in [5.74, 6) is 1.07. The fraction of sp³-hybridized carbons (Fsp3) is 0.333. The highest BCUT2D eigenvalue weighted by molar-refractivity contribution is 6.31. The van der Waals surface area contributed by atoms with Crippen LogP contribution in [0.3, 0.4) is 0 Å². The van der Waals surface area contributed by atoms with Crippen molar-refractivity contribution in [2.24, 2.45) is 7.05 Å². The van der Waals surface area contributed by atoms with Crippen LogP contribution in [0.5, 0.6) is 11.6 Å². The third-order valence-electron chi connectivity index (χ3n) is 2.69. The Balaban J connectivity index is 2.34. The van der Waals surface area contributed by atoms with Gasteiger partial charge >= 0.3 is 0 Å². The lowest BCUT2D eigenvalue weighted by atomic mass is 10.3. The minimum atomic E-state index is -0.221. The number of aliphatic hydroxyl groups excluding tert-OH is 1. The number of rotatable bonds is 3. The van der Waals surface area contributed by atoms with Crippen LogP contribution in [0.1, 0.15) is 17.1 Å². The zero-order valence-corrected chi connectivity index (χ0v) is 11.2. The Kier molecular flexibility index (Phi) is 3.54. The molecular formula is C12H14ClN3O2. The molecule has 6 heteroatoms. The van der Waals surface area contributed by atoms with Crippen LogP contribution in [-0.2, 0) is 13.7 Å². The summed E-state index contributed by atoms with van der Waals surface area (Å²) in [6.45, 7) is 3.56. The molecule has 2 aromatic heterocycles. The fourth-order valence-corrected chi connectivity index (χ4v) is 1.80. The lowest BCUT2D eigenvalue weighted by molar-refractivity contribution is 0.275. The van der Waals surface area contributed by atoms with E-state index in [0.717, 1.165) is 11.4 Å². The average molecular weight is 268 g/mol. The fourth-order valence-electron chi connectivity index (χ4n) is 1.64. The van der Waals surface area contributed by atoms with E-state index in [-0.39, 0.29) is 6.61 Å². The number of ether oxygens (including phenoxy) is 1. The zero-order chi connectivity index (χ0) is 13.3.